The standard InChI is InChI=1S/C7H9BrF3N3O/c1-5(8)6-4-14(13-12-6)2-3-15-7(9,10)11/h4-5H,2-3H2,1H3. The second kappa shape index (κ2) is 4.93. The van der Waals surface area contributed by atoms with Crippen molar-refractivity contribution < 1.29 is 17.9 Å². The maximum atomic E-state index is 11.6. The maximum absolute atomic E-state index is 11.6. The number of ether oxygens (including phenoxy) is 1. The molecule has 0 saturated carbocycles. The van der Waals surface area contributed by atoms with E-state index in [1.165, 1.54) is 4.68 Å². The average Bonchev–Trinajstić information content (AvgIpc) is 2.50. The molecule has 0 aromatic carbocycles. The number of aromatic nitrogens is 3. The number of hydrogen-bond donors (Lipinski definition) is 0. The lowest BCUT2D eigenvalue weighted by atomic mass is 10.4. The van der Waals surface area contributed by atoms with Crippen molar-refractivity contribution >= 4 is 15.9 Å². The number of halogens is 4. The fourth-order valence-corrected chi connectivity index (χ4v) is 1.07. The molecule has 86 valence electrons. The Labute approximate surface area is 92.5 Å². The minimum Gasteiger partial charge on any atom is -0.290 e. The third-order valence-electron chi connectivity index (χ3n) is 1.55. The van der Waals surface area contributed by atoms with Gasteiger partial charge in [0.25, 0.3) is 0 Å². The van der Waals surface area contributed by atoms with Crippen molar-refractivity contribution in [2.75, 3.05) is 6.61 Å². The molecule has 1 atom stereocenters. The minimum atomic E-state index is -4.59. The molecule has 4 nitrogen and oxygen atoms in total. The van der Waals surface area contributed by atoms with E-state index in [4.69, 9.17) is 0 Å². The van der Waals surface area contributed by atoms with Crippen LogP contribution in [0.4, 0.5) is 13.2 Å². The molecule has 0 radical (unpaired) electrons. The lowest BCUT2D eigenvalue weighted by molar-refractivity contribution is -0.325. The van der Waals surface area contributed by atoms with Crippen LogP contribution in [0, 0.1) is 0 Å². The minimum absolute atomic E-state index is 0.0201. The third kappa shape index (κ3) is 4.61. The largest absolute Gasteiger partial charge is 0.522 e. The van der Waals surface area contributed by atoms with E-state index in [0.29, 0.717) is 5.69 Å². The summed E-state index contributed by atoms with van der Waals surface area (Å²) in [7, 11) is 0. The van der Waals surface area contributed by atoms with Crippen LogP contribution in [0.1, 0.15) is 17.4 Å². The fourth-order valence-electron chi connectivity index (χ4n) is 0.860. The molecule has 0 bridgehead atoms. The number of rotatable bonds is 4. The summed E-state index contributed by atoms with van der Waals surface area (Å²) in [6.07, 6.45) is -3.02. The van der Waals surface area contributed by atoms with Gasteiger partial charge in [-0.15, -0.1) is 18.3 Å². The zero-order valence-corrected chi connectivity index (χ0v) is 9.42. The lowest BCUT2D eigenvalue weighted by Crippen LogP contribution is -2.17. The van der Waals surface area contributed by atoms with Crippen molar-refractivity contribution in [1.82, 2.24) is 15.0 Å². The summed E-state index contributed by atoms with van der Waals surface area (Å²) in [5, 5.41) is 7.41. The summed E-state index contributed by atoms with van der Waals surface area (Å²) in [6.45, 7) is 1.40. The van der Waals surface area contributed by atoms with Gasteiger partial charge in [-0.25, -0.2) is 4.68 Å². The first-order valence-corrected chi connectivity index (χ1v) is 5.05. The van der Waals surface area contributed by atoms with Gasteiger partial charge in [-0.1, -0.05) is 21.1 Å². The SMILES string of the molecule is CC(Br)c1cn(CCOC(F)(F)F)nn1. The van der Waals surface area contributed by atoms with Gasteiger partial charge in [0, 0.05) is 6.20 Å². The van der Waals surface area contributed by atoms with E-state index in [1.54, 1.807) is 6.20 Å². The maximum Gasteiger partial charge on any atom is 0.522 e. The first kappa shape index (κ1) is 12.4. The molecule has 0 amide bonds. The van der Waals surface area contributed by atoms with Gasteiger partial charge in [0.2, 0.25) is 0 Å². The molecule has 0 aliphatic carbocycles. The van der Waals surface area contributed by atoms with Crippen LogP contribution in [0.2, 0.25) is 0 Å². The van der Waals surface area contributed by atoms with E-state index in [9.17, 15) is 13.2 Å². The summed E-state index contributed by atoms with van der Waals surface area (Å²) in [4.78, 5) is 0.0229. The molecule has 1 unspecified atom stereocenters. The highest BCUT2D eigenvalue weighted by atomic mass is 79.9. The van der Waals surface area contributed by atoms with Gasteiger partial charge in [0.15, 0.2) is 0 Å². The van der Waals surface area contributed by atoms with Crippen LogP contribution >= 0.6 is 15.9 Å². The number of hydrogen-bond acceptors (Lipinski definition) is 3. The summed E-state index contributed by atoms with van der Waals surface area (Å²) in [5.74, 6) is 0. The van der Waals surface area contributed by atoms with Gasteiger partial charge < -0.3 is 0 Å². The molecule has 1 rings (SSSR count). The highest BCUT2D eigenvalue weighted by molar-refractivity contribution is 9.09. The van der Waals surface area contributed by atoms with Crippen LogP contribution in [-0.4, -0.2) is 28.0 Å². The Morgan fingerprint density at radius 2 is 2.27 bits per heavy atom. The quantitative estimate of drug-likeness (QED) is 0.798. The van der Waals surface area contributed by atoms with Gasteiger partial charge >= 0.3 is 6.36 Å². The summed E-state index contributed by atoms with van der Waals surface area (Å²) in [5.41, 5.74) is 0.669. The van der Waals surface area contributed by atoms with Crippen LogP contribution in [0.25, 0.3) is 0 Å². The van der Waals surface area contributed by atoms with E-state index in [2.05, 4.69) is 31.0 Å². The van der Waals surface area contributed by atoms with Gasteiger partial charge in [-0.2, -0.15) is 0 Å². The Morgan fingerprint density at radius 3 is 2.73 bits per heavy atom. The van der Waals surface area contributed by atoms with E-state index in [0.717, 1.165) is 0 Å². The second-order valence-electron chi connectivity index (χ2n) is 2.82. The monoisotopic (exact) mass is 287 g/mol. The number of nitrogens with zero attached hydrogens (tertiary/aromatic N) is 3. The lowest BCUT2D eigenvalue weighted by Gasteiger charge is -2.06. The van der Waals surface area contributed by atoms with Crippen molar-refractivity contribution in [3.8, 4) is 0 Å². The molecule has 15 heavy (non-hydrogen) atoms. The number of alkyl halides is 4. The topological polar surface area (TPSA) is 39.9 Å². The fraction of sp³-hybridized carbons (Fsp3) is 0.714. The van der Waals surface area contributed by atoms with E-state index in [-0.39, 0.29) is 11.4 Å². The van der Waals surface area contributed by atoms with Gasteiger partial charge in [-0.05, 0) is 6.92 Å². The predicted octanol–water partition coefficient (Wildman–Crippen LogP) is 2.27. The van der Waals surface area contributed by atoms with Gasteiger partial charge in [0.05, 0.1) is 23.7 Å². The van der Waals surface area contributed by atoms with Crippen molar-refractivity contribution in [1.29, 1.82) is 0 Å². The highest BCUT2D eigenvalue weighted by Crippen LogP contribution is 2.18. The molecule has 1 aromatic rings. The Morgan fingerprint density at radius 1 is 1.60 bits per heavy atom. The Hall–Kier alpha value is -0.630. The Balaban J connectivity index is 2.38. The average molecular weight is 288 g/mol. The van der Waals surface area contributed by atoms with Crippen LogP contribution in [0.3, 0.4) is 0 Å². The molecule has 0 aliphatic heterocycles. The third-order valence-corrected chi connectivity index (χ3v) is 2.02. The Kier molecular flexibility index (Phi) is 4.09. The Bertz CT molecular complexity index is 313. The van der Waals surface area contributed by atoms with Crippen LogP contribution in [0.15, 0.2) is 6.20 Å². The van der Waals surface area contributed by atoms with Crippen molar-refractivity contribution in [2.45, 2.75) is 24.7 Å². The molecule has 1 heterocycles. The van der Waals surface area contributed by atoms with Crippen LogP contribution in [0.5, 0.6) is 0 Å². The zero-order valence-electron chi connectivity index (χ0n) is 7.83. The van der Waals surface area contributed by atoms with Crippen LogP contribution in [-0.2, 0) is 11.3 Å². The van der Waals surface area contributed by atoms with Crippen molar-refractivity contribution in [3.05, 3.63) is 11.9 Å². The molecule has 8 heteroatoms. The first-order valence-electron chi connectivity index (χ1n) is 4.13. The highest BCUT2D eigenvalue weighted by Gasteiger charge is 2.28. The van der Waals surface area contributed by atoms with Crippen LogP contribution < -0.4 is 0 Å². The van der Waals surface area contributed by atoms with E-state index in [1.807, 2.05) is 6.92 Å². The van der Waals surface area contributed by atoms with Crippen molar-refractivity contribution in [2.24, 2.45) is 0 Å². The molecule has 0 spiro atoms. The van der Waals surface area contributed by atoms with Crippen molar-refractivity contribution in [3.63, 3.8) is 0 Å². The molecular formula is C7H9BrF3N3O. The normalized spacial score (nSPS) is 14.2. The second-order valence-corrected chi connectivity index (χ2v) is 4.19. The summed E-state index contributed by atoms with van der Waals surface area (Å²) in [6, 6.07) is 0. The predicted molar refractivity (Wildman–Crippen MR) is 49.4 cm³/mol. The smallest absolute Gasteiger partial charge is 0.290 e. The zero-order chi connectivity index (χ0) is 11.5. The van der Waals surface area contributed by atoms with Gasteiger partial charge in [-0.3, -0.25) is 4.74 Å². The molecular weight excluding hydrogens is 279 g/mol. The summed E-state index contributed by atoms with van der Waals surface area (Å²) < 4.78 is 39.8. The molecule has 0 aliphatic rings. The molecule has 0 N–H and O–H groups in total. The molecule has 1 aromatic heterocycles. The molecule has 0 saturated heterocycles. The van der Waals surface area contributed by atoms with E-state index >= 15 is 0 Å². The first-order chi connectivity index (χ1) is 6.88. The molecule has 0 fully saturated rings. The summed E-state index contributed by atoms with van der Waals surface area (Å²) >= 11 is 3.27. The van der Waals surface area contributed by atoms with Gasteiger partial charge in [0.1, 0.15) is 0 Å². The van der Waals surface area contributed by atoms with E-state index < -0.39 is 13.0 Å².